The molecule has 0 spiro atoms. The number of aliphatic carboxylic acids is 1. The second-order valence-corrected chi connectivity index (χ2v) is 9.26. The minimum absolute atomic E-state index is 0. The van der Waals surface area contributed by atoms with Crippen molar-refractivity contribution in [1.29, 1.82) is 0 Å². The molecule has 12 heteroatoms. The van der Waals surface area contributed by atoms with Gasteiger partial charge in [-0.25, -0.2) is 0 Å². The summed E-state index contributed by atoms with van der Waals surface area (Å²) in [6.07, 6.45) is 1.47. The Morgan fingerprint density at radius 3 is 2.61 bits per heavy atom. The van der Waals surface area contributed by atoms with E-state index in [-0.39, 0.29) is 67.4 Å². The number of pyridine rings is 1. The van der Waals surface area contributed by atoms with Crippen molar-refractivity contribution in [1.82, 2.24) is 15.2 Å². The van der Waals surface area contributed by atoms with Crippen molar-refractivity contribution in [2.45, 2.75) is 17.8 Å². The first-order chi connectivity index (χ1) is 15.2. The number of aromatic amines is 1. The van der Waals surface area contributed by atoms with E-state index in [2.05, 4.69) is 10.3 Å². The van der Waals surface area contributed by atoms with Crippen LogP contribution in [0.15, 0.2) is 48.3 Å². The van der Waals surface area contributed by atoms with Crippen LogP contribution in [-0.2, 0) is 14.4 Å². The van der Waals surface area contributed by atoms with Gasteiger partial charge in [0.05, 0.1) is 11.7 Å². The summed E-state index contributed by atoms with van der Waals surface area (Å²) < 4.78 is 0.0429. The Morgan fingerprint density at radius 1 is 1.30 bits per heavy atom. The van der Waals surface area contributed by atoms with E-state index in [1.807, 2.05) is 0 Å². The van der Waals surface area contributed by atoms with E-state index >= 15 is 0 Å². The molecular weight excluding hydrogens is 493 g/mol. The summed E-state index contributed by atoms with van der Waals surface area (Å²) in [6, 6.07) is 10.1. The number of amides is 2. The van der Waals surface area contributed by atoms with Gasteiger partial charge in [-0.2, -0.15) is 0 Å². The van der Waals surface area contributed by atoms with E-state index in [4.69, 9.17) is 24.4 Å². The molecule has 1 aromatic carbocycles. The summed E-state index contributed by atoms with van der Waals surface area (Å²) in [5, 5.41) is 24.3. The molecule has 1 saturated heterocycles. The van der Waals surface area contributed by atoms with Gasteiger partial charge in [0, 0.05) is 17.5 Å². The molecule has 0 saturated carbocycles. The Labute approximate surface area is 225 Å². The molecule has 0 bridgehead atoms. The summed E-state index contributed by atoms with van der Waals surface area (Å²) in [5.41, 5.74) is -0.758. The zero-order valence-corrected chi connectivity index (χ0v) is 22.0. The van der Waals surface area contributed by atoms with Gasteiger partial charge >= 0.3 is 29.6 Å². The zero-order chi connectivity index (χ0) is 23.2. The molecule has 2 aliphatic rings. The molecule has 2 amide bonds. The van der Waals surface area contributed by atoms with Gasteiger partial charge in [-0.15, -0.1) is 11.8 Å². The molecule has 0 radical (unpaired) electrons. The fourth-order valence-corrected chi connectivity index (χ4v) is 5.58. The number of H-pyrrole nitrogens is 1. The molecule has 2 atom stereocenters. The molecule has 3 N–H and O–H groups in total. The molecular formula is C21H16N3NaO5S3. The number of nitrogens with one attached hydrogen (secondary N) is 2. The van der Waals surface area contributed by atoms with E-state index in [0.29, 0.717) is 5.56 Å². The van der Waals surface area contributed by atoms with E-state index in [1.165, 1.54) is 30.9 Å². The van der Waals surface area contributed by atoms with Crippen molar-refractivity contribution < 1.29 is 54.2 Å². The first-order valence-electron chi connectivity index (χ1n) is 9.39. The predicted molar refractivity (Wildman–Crippen MR) is 123 cm³/mol. The maximum absolute atomic E-state index is 13.1. The molecule has 3 heterocycles. The number of hydrogen-bond acceptors (Lipinski definition) is 8. The van der Waals surface area contributed by atoms with Gasteiger partial charge in [0.1, 0.15) is 20.4 Å². The quantitative estimate of drug-likeness (QED) is 0.185. The maximum Gasteiger partial charge on any atom is 1.00 e. The normalized spacial score (nSPS) is 21.4. The van der Waals surface area contributed by atoms with Crippen LogP contribution in [-0.4, -0.2) is 54.3 Å². The summed E-state index contributed by atoms with van der Waals surface area (Å²) in [7, 11) is 0. The molecule has 2 aliphatic heterocycles. The second kappa shape index (κ2) is 9.69. The number of hydrogen-bond donors (Lipinski definition) is 3. The van der Waals surface area contributed by atoms with E-state index in [0.717, 1.165) is 4.90 Å². The average Bonchev–Trinajstić information content (AvgIpc) is 2.79. The maximum atomic E-state index is 13.1. The average molecular weight is 510 g/mol. The molecule has 2 aromatic rings. The summed E-state index contributed by atoms with van der Waals surface area (Å²) in [5.74, 6) is -2.91. The fourth-order valence-electron chi connectivity index (χ4n) is 3.76. The fraction of sp³-hybridized carbons (Fsp3) is 0.190. The molecule has 4 rings (SSSR count). The van der Waals surface area contributed by atoms with Crippen LogP contribution in [0, 0.1) is 4.64 Å². The number of carbonyl (C=O) groups excluding carboxylic acids is 3. The number of rotatable bonds is 5. The summed E-state index contributed by atoms with van der Waals surface area (Å²) >= 11 is 11.5. The first kappa shape index (κ1) is 25.6. The SMILES string of the molecule is CC1(NC(=O)C(=S)c2ccccc2)C(=O)N2C(C(=O)[O-])=C(c3cc[nH]c(=S)c3O)CS[C@H]21.[Na+]. The van der Waals surface area contributed by atoms with Crippen LogP contribution in [0.5, 0.6) is 5.75 Å². The molecule has 164 valence electrons. The van der Waals surface area contributed by atoms with Gasteiger partial charge in [-0.1, -0.05) is 54.8 Å². The van der Waals surface area contributed by atoms with Gasteiger partial charge in [0.15, 0.2) is 5.75 Å². The van der Waals surface area contributed by atoms with Crippen LogP contribution in [0.4, 0.5) is 0 Å². The monoisotopic (exact) mass is 509 g/mol. The standard InChI is InChI=1S/C21H17N3O5S3.Na/c1-21(23-16(26)15(30)10-5-3-2-4-6-10)19(29)24-13(18(27)28)12(9-32-20(21)24)11-7-8-22-17(31)14(11)25;/h2-8,20,25H,9H2,1H3,(H,22,31)(H,23,26)(H,27,28);/q;+1/p-1/t20-,21?;/m0./s1. The smallest absolute Gasteiger partial charge is 0.543 e. The molecule has 1 fully saturated rings. The van der Waals surface area contributed by atoms with Crippen LogP contribution in [0.2, 0.25) is 0 Å². The number of carboxylic acids is 1. The first-order valence-corrected chi connectivity index (χ1v) is 11.3. The summed E-state index contributed by atoms with van der Waals surface area (Å²) in [4.78, 5) is 41.6. The van der Waals surface area contributed by atoms with Gasteiger partial charge in [0.25, 0.3) is 11.8 Å². The van der Waals surface area contributed by atoms with E-state index in [9.17, 15) is 24.6 Å². The van der Waals surface area contributed by atoms with Crippen molar-refractivity contribution in [2.75, 3.05) is 5.75 Å². The Hall–Kier alpha value is -2.02. The topological polar surface area (TPSA) is 126 Å². The van der Waals surface area contributed by atoms with Crippen molar-refractivity contribution >= 4 is 64.4 Å². The van der Waals surface area contributed by atoms with Gasteiger partial charge in [0.2, 0.25) is 0 Å². The van der Waals surface area contributed by atoms with Crippen molar-refractivity contribution in [3.63, 3.8) is 0 Å². The van der Waals surface area contributed by atoms with Crippen LogP contribution >= 0.6 is 36.2 Å². The number of benzene rings is 1. The minimum atomic E-state index is -1.56. The number of thioether (sulfide) groups is 1. The third-order valence-corrected chi connectivity index (χ3v) is 7.56. The van der Waals surface area contributed by atoms with Crippen molar-refractivity contribution in [3.8, 4) is 5.75 Å². The molecule has 1 aromatic heterocycles. The van der Waals surface area contributed by atoms with Crippen molar-refractivity contribution in [2.24, 2.45) is 0 Å². The number of aromatic hydroxyl groups is 1. The number of carboxylic acid groups (broad SMARTS) is 1. The Bertz CT molecular complexity index is 1260. The van der Waals surface area contributed by atoms with Crippen LogP contribution < -0.4 is 40.0 Å². The molecule has 0 aliphatic carbocycles. The van der Waals surface area contributed by atoms with Gasteiger partial charge in [-0.3, -0.25) is 14.5 Å². The number of carbonyl (C=O) groups is 3. The van der Waals surface area contributed by atoms with Crippen LogP contribution in [0.25, 0.3) is 5.57 Å². The summed E-state index contributed by atoms with van der Waals surface area (Å²) in [6.45, 7) is 1.53. The largest absolute Gasteiger partial charge is 1.00 e. The third-order valence-electron chi connectivity index (χ3n) is 5.37. The molecule has 1 unspecified atom stereocenters. The molecule has 8 nitrogen and oxygen atoms in total. The Kier molecular flexibility index (Phi) is 7.52. The predicted octanol–water partition coefficient (Wildman–Crippen LogP) is -1.88. The third kappa shape index (κ3) is 4.29. The van der Waals surface area contributed by atoms with Crippen LogP contribution in [0.1, 0.15) is 18.1 Å². The zero-order valence-electron chi connectivity index (χ0n) is 17.6. The van der Waals surface area contributed by atoms with Crippen molar-refractivity contribution in [3.05, 3.63) is 64.1 Å². The van der Waals surface area contributed by atoms with Gasteiger partial charge in [-0.05, 0) is 24.1 Å². The Morgan fingerprint density at radius 2 is 1.97 bits per heavy atom. The molecule has 33 heavy (non-hydrogen) atoms. The second-order valence-electron chi connectivity index (χ2n) is 7.37. The Balaban J connectivity index is 0.00000306. The van der Waals surface area contributed by atoms with E-state index in [1.54, 1.807) is 30.3 Å². The number of nitrogens with zero attached hydrogens (tertiary/aromatic N) is 1. The van der Waals surface area contributed by atoms with E-state index < -0.39 is 28.7 Å². The van der Waals surface area contributed by atoms with Gasteiger partial charge < -0.3 is 25.3 Å². The number of aromatic nitrogens is 1. The van der Waals surface area contributed by atoms with Crippen LogP contribution in [0.3, 0.4) is 0 Å². The minimum Gasteiger partial charge on any atom is -0.543 e. The number of thiocarbonyl (C=S) groups is 1. The number of fused-ring (bicyclic) bond motifs is 1. The number of β-lactam (4-membered cyclic amide) rings is 1.